The van der Waals surface area contributed by atoms with Crippen LogP contribution in [0.1, 0.15) is 24.3 Å². The maximum Gasteiger partial charge on any atom is 0.270 e. The molecule has 2 N–H and O–H groups in total. The van der Waals surface area contributed by atoms with Crippen LogP contribution in [0.2, 0.25) is 0 Å². The molecule has 0 bridgehead atoms. The van der Waals surface area contributed by atoms with Gasteiger partial charge < -0.3 is 10.1 Å². The van der Waals surface area contributed by atoms with Crippen LogP contribution >= 0.6 is 0 Å². The van der Waals surface area contributed by atoms with Gasteiger partial charge >= 0.3 is 0 Å². The molecule has 1 aliphatic rings. The number of hydrogen-bond donors (Lipinski definition) is 2. The molecule has 1 aromatic heterocycles. The van der Waals surface area contributed by atoms with Crippen molar-refractivity contribution in [2.45, 2.75) is 23.7 Å². The fraction of sp³-hybridized carbons (Fsp3) is 0.200. The van der Waals surface area contributed by atoms with Crippen molar-refractivity contribution in [3.8, 4) is 5.88 Å². The number of para-hydroxylation sites is 1. The summed E-state index contributed by atoms with van der Waals surface area (Å²) in [7, 11) is -4.09. The van der Waals surface area contributed by atoms with Crippen LogP contribution in [0.3, 0.4) is 0 Å². The van der Waals surface area contributed by atoms with Gasteiger partial charge in [-0.3, -0.25) is 10.1 Å². The second-order valence-corrected chi connectivity index (χ2v) is 10.5. The highest BCUT2D eigenvalue weighted by Crippen LogP contribution is 2.39. The van der Waals surface area contributed by atoms with Crippen LogP contribution in [-0.2, 0) is 10.0 Å². The Morgan fingerprint density at radius 3 is 2.39 bits per heavy atom. The third-order valence-electron chi connectivity index (χ3n) is 6.41. The Bertz CT molecular complexity index is 1560. The summed E-state index contributed by atoms with van der Waals surface area (Å²) < 4.78 is 28.6. The second kappa shape index (κ2) is 9.51. The second-order valence-electron chi connectivity index (χ2n) is 8.57. The van der Waals surface area contributed by atoms with Crippen molar-refractivity contribution in [1.82, 2.24) is 9.29 Å². The molecule has 184 valence electrons. The highest BCUT2D eigenvalue weighted by molar-refractivity contribution is 7.89. The normalized spacial score (nSPS) is 15.6. The molecule has 10 nitrogen and oxygen atoms in total. The number of fused-ring (bicyclic) bond motifs is 1. The summed E-state index contributed by atoms with van der Waals surface area (Å²) in [5, 5.41) is 30.5. The molecular formula is C25H23N5O5S. The number of piperidine rings is 1. The Hall–Kier alpha value is -4.09. The van der Waals surface area contributed by atoms with Crippen molar-refractivity contribution in [2.24, 2.45) is 10.2 Å². The first kappa shape index (κ1) is 23.6. The maximum absolute atomic E-state index is 13.6. The lowest BCUT2D eigenvalue weighted by molar-refractivity contribution is -0.385. The van der Waals surface area contributed by atoms with Crippen LogP contribution in [0.5, 0.6) is 5.88 Å². The molecule has 1 saturated heterocycles. The zero-order valence-corrected chi connectivity index (χ0v) is 19.9. The molecule has 0 amide bonds. The first-order valence-corrected chi connectivity index (χ1v) is 12.8. The fourth-order valence-electron chi connectivity index (χ4n) is 4.52. The number of non-ortho nitro benzene ring substituents is 1. The highest BCUT2D eigenvalue weighted by atomic mass is 32.2. The Kier molecular flexibility index (Phi) is 6.25. The van der Waals surface area contributed by atoms with E-state index in [1.807, 2.05) is 30.3 Å². The Morgan fingerprint density at radius 1 is 0.972 bits per heavy atom. The lowest BCUT2D eigenvalue weighted by Gasteiger charge is -2.31. The van der Waals surface area contributed by atoms with Crippen LogP contribution in [0.15, 0.2) is 87.9 Å². The Balaban J connectivity index is 1.48. The van der Waals surface area contributed by atoms with Gasteiger partial charge in [-0.2, -0.15) is 4.31 Å². The third-order valence-corrected chi connectivity index (χ3v) is 8.34. The van der Waals surface area contributed by atoms with Crippen molar-refractivity contribution in [1.29, 1.82) is 0 Å². The molecule has 0 aliphatic carbocycles. The van der Waals surface area contributed by atoms with Gasteiger partial charge in [-0.25, -0.2) is 8.42 Å². The lowest BCUT2D eigenvalue weighted by atomic mass is 9.90. The molecule has 11 heteroatoms. The third kappa shape index (κ3) is 4.45. The summed E-state index contributed by atoms with van der Waals surface area (Å²) in [6, 6.07) is 20.5. The molecular weight excluding hydrogens is 482 g/mol. The number of nitro benzene ring substituents is 1. The number of nitrogens with one attached hydrogen (secondary N) is 1. The zero-order valence-electron chi connectivity index (χ0n) is 19.1. The number of benzene rings is 3. The number of H-pyrrole nitrogens is 1. The summed E-state index contributed by atoms with van der Waals surface area (Å²) in [6.07, 6.45) is 1.27. The number of azo groups is 1. The predicted molar refractivity (Wildman–Crippen MR) is 134 cm³/mol. The largest absolute Gasteiger partial charge is 0.493 e. The van der Waals surface area contributed by atoms with Crippen molar-refractivity contribution < 1.29 is 18.4 Å². The predicted octanol–water partition coefficient (Wildman–Crippen LogP) is 5.77. The number of sulfonamides is 1. The lowest BCUT2D eigenvalue weighted by Crippen LogP contribution is -2.37. The van der Waals surface area contributed by atoms with Gasteiger partial charge in [0, 0.05) is 30.6 Å². The highest BCUT2D eigenvalue weighted by Gasteiger charge is 2.33. The number of nitro groups is 1. The quantitative estimate of drug-likeness (QED) is 0.194. The number of hydrogen-bond acceptors (Lipinski definition) is 7. The van der Waals surface area contributed by atoms with Gasteiger partial charge in [-0.15, -0.1) is 10.2 Å². The van der Waals surface area contributed by atoms with Gasteiger partial charge in [0.25, 0.3) is 5.69 Å². The number of nitrogens with zero attached hydrogens (tertiary/aromatic N) is 4. The average molecular weight is 506 g/mol. The minimum absolute atomic E-state index is 0.0459. The molecule has 0 spiro atoms. The number of aromatic nitrogens is 1. The maximum atomic E-state index is 13.6. The molecule has 4 aromatic rings. The minimum atomic E-state index is -4.09. The van der Waals surface area contributed by atoms with Gasteiger partial charge in [0.1, 0.15) is 10.6 Å². The van der Waals surface area contributed by atoms with Gasteiger partial charge in [0.2, 0.25) is 15.9 Å². The average Bonchev–Trinajstić information content (AvgIpc) is 3.22. The van der Waals surface area contributed by atoms with Crippen LogP contribution in [0.4, 0.5) is 17.1 Å². The van der Waals surface area contributed by atoms with E-state index in [1.54, 1.807) is 24.3 Å². The van der Waals surface area contributed by atoms with Crippen molar-refractivity contribution in [3.63, 3.8) is 0 Å². The van der Waals surface area contributed by atoms with Crippen molar-refractivity contribution in [3.05, 3.63) is 88.5 Å². The van der Waals surface area contributed by atoms with Crippen molar-refractivity contribution in [2.75, 3.05) is 13.1 Å². The van der Waals surface area contributed by atoms with E-state index >= 15 is 0 Å². The van der Waals surface area contributed by atoms with E-state index in [0.29, 0.717) is 23.7 Å². The summed E-state index contributed by atoms with van der Waals surface area (Å²) in [4.78, 5) is 13.3. The van der Waals surface area contributed by atoms with Crippen LogP contribution in [0, 0.1) is 10.1 Å². The molecule has 3 aromatic carbocycles. The summed E-state index contributed by atoms with van der Waals surface area (Å²) in [6.45, 7) is 0.564. The van der Waals surface area contributed by atoms with Crippen LogP contribution in [0.25, 0.3) is 10.9 Å². The standard InChI is InChI=1S/C25H23N5O5S/c31-25-24(20-8-4-5-9-21(20)26-25)28-27-22-11-10-19(30(32)33)16-23(22)36(34,35)29-14-12-18(13-15-29)17-6-2-1-3-7-17/h1-11,16,18,26,31H,12-15H2. The molecule has 1 aliphatic heterocycles. The molecule has 2 heterocycles. The minimum Gasteiger partial charge on any atom is -0.493 e. The molecule has 36 heavy (non-hydrogen) atoms. The smallest absolute Gasteiger partial charge is 0.270 e. The molecule has 0 unspecified atom stereocenters. The topological polar surface area (TPSA) is 141 Å². The zero-order chi connectivity index (χ0) is 25.3. The molecule has 1 fully saturated rings. The van der Waals surface area contributed by atoms with E-state index in [-0.39, 0.29) is 46.8 Å². The Morgan fingerprint density at radius 2 is 1.67 bits per heavy atom. The van der Waals surface area contributed by atoms with E-state index in [1.165, 1.54) is 16.4 Å². The molecule has 5 rings (SSSR count). The van der Waals surface area contributed by atoms with Gasteiger partial charge in [0.15, 0.2) is 5.69 Å². The monoisotopic (exact) mass is 505 g/mol. The van der Waals surface area contributed by atoms with Crippen LogP contribution < -0.4 is 0 Å². The van der Waals surface area contributed by atoms with E-state index in [2.05, 4.69) is 15.2 Å². The van der Waals surface area contributed by atoms with E-state index in [4.69, 9.17) is 0 Å². The fourth-order valence-corrected chi connectivity index (χ4v) is 6.13. The molecule has 0 atom stereocenters. The number of aromatic hydroxyl groups is 1. The van der Waals surface area contributed by atoms with E-state index < -0.39 is 14.9 Å². The van der Waals surface area contributed by atoms with Gasteiger partial charge in [-0.1, -0.05) is 48.5 Å². The summed E-state index contributed by atoms with van der Waals surface area (Å²) in [5.74, 6) is 0.0287. The molecule has 0 radical (unpaired) electrons. The van der Waals surface area contributed by atoms with Crippen molar-refractivity contribution >= 4 is 38.0 Å². The van der Waals surface area contributed by atoms with Gasteiger partial charge in [-0.05, 0) is 36.5 Å². The number of aromatic amines is 1. The first-order valence-electron chi connectivity index (χ1n) is 11.4. The Labute approximate surface area is 207 Å². The summed E-state index contributed by atoms with van der Waals surface area (Å²) >= 11 is 0. The SMILES string of the molecule is O=[N+]([O-])c1ccc(N=Nc2c(O)[nH]c3ccccc23)c(S(=O)(=O)N2CCC(c3ccccc3)CC2)c1. The van der Waals surface area contributed by atoms with E-state index in [9.17, 15) is 23.6 Å². The number of rotatable bonds is 6. The first-order chi connectivity index (χ1) is 17.3. The van der Waals surface area contributed by atoms with Crippen LogP contribution in [-0.4, -0.2) is 40.8 Å². The summed E-state index contributed by atoms with van der Waals surface area (Å²) in [5.41, 5.74) is 1.55. The molecule has 0 saturated carbocycles. The van der Waals surface area contributed by atoms with E-state index in [0.717, 1.165) is 11.6 Å². The van der Waals surface area contributed by atoms with Gasteiger partial charge in [0.05, 0.1) is 10.4 Å².